The SMILES string of the molecule is O=S(=O)(NC(CN1CCNCC1)c1ccc(F)cc1F)c1ccc(OC(F)(F)F)cc1. The number of nitrogens with one attached hydrogen (secondary N) is 2. The van der Waals surface area contributed by atoms with Crippen molar-refractivity contribution in [2.45, 2.75) is 17.3 Å². The molecule has 6 nitrogen and oxygen atoms in total. The smallest absolute Gasteiger partial charge is 0.406 e. The van der Waals surface area contributed by atoms with Crippen LogP contribution < -0.4 is 14.8 Å². The lowest BCUT2D eigenvalue weighted by Crippen LogP contribution is -2.47. The Balaban J connectivity index is 1.84. The lowest BCUT2D eigenvalue weighted by molar-refractivity contribution is -0.274. The highest BCUT2D eigenvalue weighted by molar-refractivity contribution is 7.89. The molecule has 1 fully saturated rings. The predicted molar refractivity (Wildman–Crippen MR) is 102 cm³/mol. The van der Waals surface area contributed by atoms with Crippen molar-refractivity contribution in [1.82, 2.24) is 14.9 Å². The zero-order valence-corrected chi connectivity index (χ0v) is 16.9. The summed E-state index contributed by atoms with van der Waals surface area (Å²) >= 11 is 0. The summed E-state index contributed by atoms with van der Waals surface area (Å²) in [5.41, 5.74) is -0.0412. The highest BCUT2D eigenvalue weighted by Crippen LogP contribution is 2.26. The summed E-state index contributed by atoms with van der Waals surface area (Å²) in [6.07, 6.45) is -4.91. The Kier molecular flexibility index (Phi) is 7.14. The number of alkyl halides is 3. The third-order valence-corrected chi connectivity index (χ3v) is 6.14. The summed E-state index contributed by atoms with van der Waals surface area (Å²) in [5, 5.41) is 3.15. The van der Waals surface area contributed by atoms with E-state index in [0.717, 1.165) is 30.3 Å². The maximum absolute atomic E-state index is 14.4. The summed E-state index contributed by atoms with van der Waals surface area (Å²) in [5.74, 6) is -2.28. The molecule has 12 heteroatoms. The van der Waals surface area contributed by atoms with E-state index in [1.165, 1.54) is 6.07 Å². The lowest BCUT2D eigenvalue weighted by Gasteiger charge is -2.31. The number of hydrogen-bond donors (Lipinski definition) is 2. The van der Waals surface area contributed by atoms with Gasteiger partial charge in [0.25, 0.3) is 0 Å². The molecule has 0 amide bonds. The molecule has 31 heavy (non-hydrogen) atoms. The van der Waals surface area contributed by atoms with Gasteiger partial charge in [-0.05, 0) is 30.3 Å². The molecule has 1 atom stereocenters. The molecule has 0 spiro atoms. The van der Waals surface area contributed by atoms with Gasteiger partial charge in [0.1, 0.15) is 17.4 Å². The average Bonchev–Trinajstić information content (AvgIpc) is 2.67. The van der Waals surface area contributed by atoms with Gasteiger partial charge in [-0.25, -0.2) is 21.9 Å². The number of rotatable bonds is 7. The van der Waals surface area contributed by atoms with Crippen LogP contribution in [-0.4, -0.2) is 52.4 Å². The molecule has 1 aliphatic rings. The van der Waals surface area contributed by atoms with E-state index < -0.39 is 39.8 Å². The molecule has 0 aromatic heterocycles. The van der Waals surface area contributed by atoms with Crippen LogP contribution in [0.25, 0.3) is 0 Å². The molecule has 2 aromatic rings. The highest BCUT2D eigenvalue weighted by atomic mass is 32.2. The molecular formula is C19H20F5N3O3S. The molecule has 3 rings (SSSR count). The Morgan fingerprint density at radius 3 is 2.29 bits per heavy atom. The highest BCUT2D eigenvalue weighted by Gasteiger charge is 2.31. The minimum absolute atomic E-state index is 0.0412. The maximum Gasteiger partial charge on any atom is 0.573 e. The van der Waals surface area contributed by atoms with E-state index in [4.69, 9.17) is 0 Å². The molecule has 2 N–H and O–H groups in total. The van der Waals surface area contributed by atoms with Crippen LogP contribution in [-0.2, 0) is 10.0 Å². The van der Waals surface area contributed by atoms with Crippen molar-refractivity contribution in [3.05, 3.63) is 59.7 Å². The van der Waals surface area contributed by atoms with E-state index in [9.17, 15) is 30.4 Å². The zero-order chi connectivity index (χ0) is 22.6. The molecule has 2 aromatic carbocycles. The second-order valence-electron chi connectivity index (χ2n) is 6.91. The molecule has 0 saturated carbocycles. The first-order valence-electron chi connectivity index (χ1n) is 9.30. The molecule has 1 heterocycles. The Labute approximate surface area is 176 Å². The number of piperazine rings is 1. The van der Waals surface area contributed by atoms with Gasteiger partial charge in [0, 0.05) is 44.4 Å². The fourth-order valence-corrected chi connectivity index (χ4v) is 4.42. The number of nitrogens with zero attached hydrogens (tertiary/aromatic N) is 1. The van der Waals surface area contributed by atoms with Gasteiger partial charge in [0.2, 0.25) is 10.0 Å². The van der Waals surface area contributed by atoms with Crippen LogP contribution in [0.2, 0.25) is 0 Å². The van der Waals surface area contributed by atoms with E-state index in [2.05, 4.69) is 14.8 Å². The topological polar surface area (TPSA) is 70.7 Å². The number of sulfonamides is 1. The van der Waals surface area contributed by atoms with Crippen molar-refractivity contribution in [3.8, 4) is 5.75 Å². The maximum atomic E-state index is 14.4. The van der Waals surface area contributed by atoms with Crippen LogP contribution in [0.4, 0.5) is 22.0 Å². The average molecular weight is 465 g/mol. The van der Waals surface area contributed by atoms with Gasteiger partial charge >= 0.3 is 6.36 Å². The third-order valence-electron chi connectivity index (χ3n) is 4.65. The van der Waals surface area contributed by atoms with E-state index in [1.807, 2.05) is 4.90 Å². The number of ether oxygens (including phenoxy) is 1. The predicted octanol–water partition coefficient (Wildman–Crippen LogP) is 2.79. The first kappa shape index (κ1) is 23.4. The fourth-order valence-electron chi connectivity index (χ4n) is 3.21. The second-order valence-corrected chi connectivity index (χ2v) is 8.62. The third kappa shape index (κ3) is 6.60. The van der Waals surface area contributed by atoms with Crippen molar-refractivity contribution >= 4 is 10.0 Å². The molecule has 1 unspecified atom stereocenters. The van der Waals surface area contributed by atoms with Crippen LogP contribution in [0, 0.1) is 11.6 Å². The van der Waals surface area contributed by atoms with E-state index in [1.54, 1.807) is 0 Å². The largest absolute Gasteiger partial charge is 0.573 e. The molecule has 0 radical (unpaired) electrons. The number of hydrogen-bond acceptors (Lipinski definition) is 5. The van der Waals surface area contributed by atoms with Crippen molar-refractivity contribution in [1.29, 1.82) is 0 Å². The normalized spacial score (nSPS) is 16.8. The van der Waals surface area contributed by atoms with Crippen LogP contribution >= 0.6 is 0 Å². The van der Waals surface area contributed by atoms with Gasteiger partial charge in [-0.1, -0.05) is 6.07 Å². The minimum atomic E-state index is -4.91. The van der Waals surface area contributed by atoms with Crippen LogP contribution in [0.1, 0.15) is 11.6 Å². The molecule has 0 bridgehead atoms. The Morgan fingerprint density at radius 1 is 1.06 bits per heavy atom. The van der Waals surface area contributed by atoms with Crippen LogP contribution in [0.15, 0.2) is 47.4 Å². The van der Waals surface area contributed by atoms with Crippen molar-refractivity contribution in [3.63, 3.8) is 0 Å². The van der Waals surface area contributed by atoms with Gasteiger partial charge in [-0.2, -0.15) is 0 Å². The van der Waals surface area contributed by atoms with Crippen LogP contribution in [0.3, 0.4) is 0 Å². The van der Waals surface area contributed by atoms with E-state index in [-0.39, 0.29) is 17.0 Å². The Morgan fingerprint density at radius 2 is 1.71 bits per heavy atom. The van der Waals surface area contributed by atoms with E-state index in [0.29, 0.717) is 32.2 Å². The molecule has 0 aliphatic carbocycles. The Bertz CT molecular complexity index is 994. The number of halogens is 5. The second kappa shape index (κ2) is 9.47. The molecular weight excluding hydrogens is 445 g/mol. The summed E-state index contributed by atoms with van der Waals surface area (Å²) in [6.45, 7) is 2.67. The van der Waals surface area contributed by atoms with Crippen molar-refractivity contribution in [2.75, 3.05) is 32.7 Å². The van der Waals surface area contributed by atoms with Crippen molar-refractivity contribution < 1.29 is 35.1 Å². The standard InChI is InChI=1S/C19H20F5N3O3S/c20-13-1-6-16(17(21)11-13)18(12-27-9-7-25-8-10-27)26-31(28,29)15-4-2-14(3-5-15)30-19(22,23)24/h1-6,11,18,25-26H,7-10,12H2. The van der Waals surface area contributed by atoms with E-state index >= 15 is 0 Å². The molecule has 1 aliphatic heterocycles. The summed E-state index contributed by atoms with van der Waals surface area (Å²) in [7, 11) is -4.24. The van der Waals surface area contributed by atoms with Gasteiger partial charge < -0.3 is 10.1 Å². The molecule has 170 valence electrons. The lowest BCUT2D eigenvalue weighted by atomic mass is 10.1. The summed E-state index contributed by atoms with van der Waals surface area (Å²) < 4.78 is 96.4. The summed E-state index contributed by atoms with van der Waals surface area (Å²) in [4.78, 5) is 1.60. The van der Waals surface area contributed by atoms with Gasteiger partial charge in [0.15, 0.2) is 0 Å². The van der Waals surface area contributed by atoms with Gasteiger partial charge in [-0.3, -0.25) is 4.90 Å². The first-order valence-corrected chi connectivity index (χ1v) is 10.8. The van der Waals surface area contributed by atoms with Crippen LogP contribution in [0.5, 0.6) is 5.75 Å². The number of benzene rings is 2. The van der Waals surface area contributed by atoms with Crippen molar-refractivity contribution in [2.24, 2.45) is 0 Å². The Hall–Kier alpha value is -2.28. The monoisotopic (exact) mass is 465 g/mol. The molecule has 1 saturated heterocycles. The fraction of sp³-hybridized carbons (Fsp3) is 0.368. The quantitative estimate of drug-likeness (QED) is 0.616. The van der Waals surface area contributed by atoms with Gasteiger partial charge in [0.05, 0.1) is 10.9 Å². The first-order chi connectivity index (χ1) is 14.5. The minimum Gasteiger partial charge on any atom is -0.406 e. The summed E-state index contributed by atoms with van der Waals surface area (Å²) in [6, 6.07) is 5.45. The van der Waals surface area contributed by atoms with Gasteiger partial charge in [-0.15, -0.1) is 13.2 Å². The zero-order valence-electron chi connectivity index (χ0n) is 16.1.